The summed E-state index contributed by atoms with van der Waals surface area (Å²) in [6.45, 7) is 8.67. The third-order valence-electron chi connectivity index (χ3n) is 4.71. The van der Waals surface area contributed by atoms with Crippen molar-refractivity contribution in [2.45, 2.75) is 58.1 Å². The van der Waals surface area contributed by atoms with E-state index in [1.165, 1.54) is 45.2 Å². The molecule has 0 radical (unpaired) electrons. The van der Waals surface area contributed by atoms with Gasteiger partial charge in [-0.2, -0.15) is 0 Å². The molecular formula is C15H30N2O. The summed E-state index contributed by atoms with van der Waals surface area (Å²) in [5, 5.41) is 13.7. The normalized spacial score (nSPS) is 35.8. The third kappa shape index (κ3) is 4.22. The number of nitrogens with one attached hydrogen (secondary N) is 1. The molecule has 18 heavy (non-hydrogen) atoms. The monoisotopic (exact) mass is 254 g/mol. The maximum atomic E-state index is 10.1. The van der Waals surface area contributed by atoms with Gasteiger partial charge in [-0.1, -0.05) is 13.8 Å². The van der Waals surface area contributed by atoms with Crippen molar-refractivity contribution in [3.63, 3.8) is 0 Å². The molecule has 1 aliphatic heterocycles. The lowest BCUT2D eigenvalue weighted by atomic mass is 9.80. The number of rotatable bonds is 5. The van der Waals surface area contributed by atoms with Gasteiger partial charge in [0.1, 0.15) is 0 Å². The van der Waals surface area contributed by atoms with Crippen LogP contribution < -0.4 is 5.32 Å². The van der Waals surface area contributed by atoms with Gasteiger partial charge in [0.25, 0.3) is 0 Å². The quantitative estimate of drug-likeness (QED) is 0.786. The zero-order chi connectivity index (χ0) is 13.0. The summed E-state index contributed by atoms with van der Waals surface area (Å²) < 4.78 is 0. The van der Waals surface area contributed by atoms with Crippen LogP contribution in [0, 0.1) is 11.8 Å². The number of hydrogen-bond acceptors (Lipinski definition) is 3. The van der Waals surface area contributed by atoms with Gasteiger partial charge in [0.15, 0.2) is 0 Å². The van der Waals surface area contributed by atoms with Crippen molar-refractivity contribution >= 4 is 0 Å². The molecule has 2 fully saturated rings. The highest BCUT2D eigenvalue weighted by Crippen LogP contribution is 2.28. The van der Waals surface area contributed by atoms with Crippen LogP contribution in [0.1, 0.15) is 46.0 Å². The van der Waals surface area contributed by atoms with Gasteiger partial charge in [0.2, 0.25) is 0 Å². The predicted molar refractivity (Wildman–Crippen MR) is 75.7 cm³/mol. The van der Waals surface area contributed by atoms with Crippen molar-refractivity contribution in [1.29, 1.82) is 0 Å². The number of nitrogens with zero attached hydrogens (tertiary/aromatic N) is 1. The highest BCUT2D eigenvalue weighted by molar-refractivity contribution is 4.82. The Morgan fingerprint density at radius 1 is 1.22 bits per heavy atom. The van der Waals surface area contributed by atoms with Crippen molar-refractivity contribution in [3.05, 3.63) is 0 Å². The fourth-order valence-corrected chi connectivity index (χ4v) is 3.58. The van der Waals surface area contributed by atoms with E-state index in [1.54, 1.807) is 0 Å². The molecule has 0 aromatic rings. The van der Waals surface area contributed by atoms with E-state index < -0.39 is 0 Å². The van der Waals surface area contributed by atoms with E-state index in [0.717, 1.165) is 24.9 Å². The number of likely N-dealkylation sites (tertiary alicyclic amines) is 1. The number of β-amino-alcohol motifs (C(OH)–C–C–N with tert-alkyl or cyclic N) is 1. The first-order valence-corrected chi connectivity index (χ1v) is 7.79. The molecule has 1 aliphatic carbocycles. The van der Waals surface area contributed by atoms with Crippen molar-refractivity contribution in [1.82, 2.24) is 10.2 Å². The summed E-state index contributed by atoms with van der Waals surface area (Å²) in [5.74, 6) is 1.64. The Hall–Kier alpha value is -0.120. The average molecular weight is 254 g/mol. The topological polar surface area (TPSA) is 35.5 Å². The highest BCUT2D eigenvalue weighted by atomic mass is 16.3. The minimum absolute atomic E-state index is 0.199. The molecule has 3 heteroatoms. The minimum Gasteiger partial charge on any atom is -0.390 e. The molecule has 2 aliphatic rings. The van der Waals surface area contributed by atoms with Crippen molar-refractivity contribution in [2.75, 3.05) is 26.2 Å². The van der Waals surface area contributed by atoms with E-state index >= 15 is 0 Å². The molecule has 2 rings (SSSR count). The number of hydrogen-bond donors (Lipinski definition) is 2. The molecule has 2 N–H and O–H groups in total. The molecule has 0 aromatic carbocycles. The van der Waals surface area contributed by atoms with E-state index in [-0.39, 0.29) is 6.10 Å². The van der Waals surface area contributed by atoms with E-state index in [4.69, 9.17) is 0 Å². The van der Waals surface area contributed by atoms with Crippen LogP contribution in [0.2, 0.25) is 0 Å². The molecule has 106 valence electrons. The number of aliphatic hydroxyl groups is 1. The lowest BCUT2D eigenvalue weighted by Gasteiger charge is -2.34. The summed E-state index contributed by atoms with van der Waals surface area (Å²) >= 11 is 0. The Morgan fingerprint density at radius 3 is 2.61 bits per heavy atom. The van der Waals surface area contributed by atoms with E-state index in [9.17, 15) is 5.11 Å². The minimum atomic E-state index is -0.199. The lowest BCUT2D eigenvalue weighted by Crippen LogP contribution is -2.45. The van der Waals surface area contributed by atoms with Crippen LogP contribution in [0.5, 0.6) is 0 Å². The Bertz CT molecular complexity index is 241. The first-order chi connectivity index (χ1) is 8.65. The molecule has 1 saturated heterocycles. The van der Waals surface area contributed by atoms with Gasteiger partial charge in [0, 0.05) is 19.1 Å². The van der Waals surface area contributed by atoms with Crippen LogP contribution in [-0.4, -0.2) is 48.3 Å². The van der Waals surface area contributed by atoms with Gasteiger partial charge < -0.3 is 15.3 Å². The summed E-state index contributed by atoms with van der Waals surface area (Å²) in [6.07, 6.45) is 6.35. The molecule has 0 bridgehead atoms. The van der Waals surface area contributed by atoms with Crippen molar-refractivity contribution in [3.8, 4) is 0 Å². The zero-order valence-corrected chi connectivity index (χ0v) is 12.1. The molecule has 0 spiro atoms. The first kappa shape index (κ1) is 14.3. The summed E-state index contributed by atoms with van der Waals surface area (Å²) in [6, 6.07) is 0.620. The maximum Gasteiger partial charge on any atom is 0.0791 e. The molecular weight excluding hydrogens is 224 g/mol. The van der Waals surface area contributed by atoms with Gasteiger partial charge in [-0.15, -0.1) is 0 Å². The molecule has 0 aromatic heterocycles. The second-order valence-corrected chi connectivity index (χ2v) is 6.57. The molecule has 1 heterocycles. The van der Waals surface area contributed by atoms with Gasteiger partial charge in [-0.05, 0) is 57.0 Å². The van der Waals surface area contributed by atoms with Crippen LogP contribution in [0.4, 0.5) is 0 Å². The van der Waals surface area contributed by atoms with E-state index in [0.29, 0.717) is 6.04 Å². The van der Waals surface area contributed by atoms with Crippen molar-refractivity contribution < 1.29 is 5.11 Å². The molecule has 1 saturated carbocycles. The molecule has 3 nitrogen and oxygen atoms in total. The predicted octanol–water partition coefficient (Wildman–Crippen LogP) is 1.86. The fraction of sp³-hybridized carbons (Fsp3) is 1.00. The van der Waals surface area contributed by atoms with Gasteiger partial charge >= 0.3 is 0 Å². The summed E-state index contributed by atoms with van der Waals surface area (Å²) in [7, 11) is 0. The van der Waals surface area contributed by atoms with E-state index in [1.807, 2.05) is 0 Å². The van der Waals surface area contributed by atoms with Gasteiger partial charge in [0.05, 0.1) is 6.10 Å². The Balaban J connectivity index is 1.64. The SMILES string of the molecule is CC1CCC(NCC(O)CN2CCCC2)C(C)C1. The zero-order valence-electron chi connectivity index (χ0n) is 12.1. The van der Waals surface area contributed by atoms with Crippen LogP contribution in [0.15, 0.2) is 0 Å². The van der Waals surface area contributed by atoms with Crippen LogP contribution in [-0.2, 0) is 0 Å². The Kier molecular flexibility index (Phi) is 5.46. The Labute approximate surface area is 112 Å². The third-order valence-corrected chi connectivity index (χ3v) is 4.71. The van der Waals surface area contributed by atoms with Crippen molar-refractivity contribution in [2.24, 2.45) is 11.8 Å². The smallest absolute Gasteiger partial charge is 0.0791 e. The molecule has 0 amide bonds. The molecule has 4 unspecified atom stereocenters. The summed E-state index contributed by atoms with van der Waals surface area (Å²) in [4.78, 5) is 2.39. The second kappa shape index (κ2) is 6.88. The van der Waals surface area contributed by atoms with Crippen LogP contribution in [0.3, 0.4) is 0 Å². The van der Waals surface area contributed by atoms with E-state index in [2.05, 4.69) is 24.1 Å². The standard InChI is InChI=1S/C15H30N2O/c1-12-5-6-15(13(2)9-12)16-10-14(18)11-17-7-3-4-8-17/h12-16,18H,3-11H2,1-2H3. The highest BCUT2D eigenvalue weighted by Gasteiger charge is 2.25. The Morgan fingerprint density at radius 2 is 1.94 bits per heavy atom. The second-order valence-electron chi connectivity index (χ2n) is 6.57. The largest absolute Gasteiger partial charge is 0.390 e. The van der Waals surface area contributed by atoms with Gasteiger partial charge in [-0.25, -0.2) is 0 Å². The van der Waals surface area contributed by atoms with Crippen LogP contribution >= 0.6 is 0 Å². The lowest BCUT2D eigenvalue weighted by molar-refractivity contribution is 0.112. The maximum absolute atomic E-state index is 10.1. The molecule has 4 atom stereocenters. The van der Waals surface area contributed by atoms with Crippen LogP contribution in [0.25, 0.3) is 0 Å². The number of aliphatic hydroxyl groups excluding tert-OH is 1. The first-order valence-electron chi connectivity index (χ1n) is 7.79. The fourth-order valence-electron chi connectivity index (χ4n) is 3.58. The average Bonchev–Trinajstić information content (AvgIpc) is 2.80. The summed E-state index contributed by atoms with van der Waals surface area (Å²) in [5.41, 5.74) is 0. The van der Waals surface area contributed by atoms with Gasteiger partial charge in [-0.3, -0.25) is 0 Å².